The Bertz CT molecular complexity index is 349. The second kappa shape index (κ2) is 7.32. The third-order valence-electron chi connectivity index (χ3n) is 1.51. The molecule has 0 saturated carbocycles. The zero-order valence-electron chi connectivity index (χ0n) is 9.08. The molecule has 0 aliphatic rings. The Balaban J connectivity index is 4.30. The number of rotatable bonds is 6. The molecule has 0 aromatic rings. The summed E-state index contributed by atoms with van der Waals surface area (Å²) >= 11 is 0. The van der Waals surface area contributed by atoms with Gasteiger partial charge in [0.1, 0.15) is 18.3 Å². The minimum atomic E-state index is -1.43. The van der Waals surface area contributed by atoms with Crippen LogP contribution >= 0.6 is 0 Å². The molecule has 0 spiro atoms. The van der Waals surface area contributed by atoms with E-state index in [9.17, 15) is 18.4 Å². The monoisotopic (exact) mass is 246 g/mol. The predicted octanol–water partition coefficient (Wildman–Crippen LogP) is 1.98. The molecular weight excluding hydrogens is 234 g/mol. The van der Waals surface area contributed by atoms with Crippen molar-refractivity contribution in [3.8, 4) is 0 Å². The van der Waals surface area contributed by atoms with Gasteiger partial charge in [-0.05, 0) is 0 Å². The van der Waals surface area contributed by atoms with Gasteiger partial charge in [0.15, 0.2) is 6.10 Å². The summed E-state index contributed by atoms with van der Waals surface area (Å²) in [5.74, 6) is -4.72. The summed E-state index contributed by atoms with van der Waals surface area (Å²) in [6.07, 6.45) is -0.0529. The van der Waals surface area contributed by atoms with E-state index in [-0.39, 0.29) is 6.42 Å². The van der Waals surface area contributed by atoms with Crippen molar-refractivity contribution in [2.24, 2.45) is 0 Å². The Kier molecular flexibility index (Phi) is 6.47. The Morgan fingerprint density at radius 3 is 2.24 bits per heavy atom. The van der Waals surface area contributed by atoms with Crippen LogP contribution in [-0.4, -0.2) is 24.6 Å². The second-order valence-corrected chi connectivity index (χ2v) is 2.96. The van der Waals surface area contributed by atoms with E-state index in [4.69, 9.17) is 0 Å². The van der Waals surface area contributed by atoms with E-state index < -0.39 is 36.3 Å². The van der Waals surface area contributed by atoms with Crippen LogP contribution in [0.2, 0.25) is 0 Å². The quantitative estimate of drug-likeness (QED) is 0.408. The van der Waals surface area contributed by atoms with E-state index in [1.54, 1.807) is 0 Å². The lowest BCUT2D eigenvalue weighted by molar-refractivity contribution is -0.169. The molecule has 1 atom stereocenters. The molecule has 4 nitrogen and oxygen atoms in total. The molecule has 17 heavy (non-hydrogen) atoms. The molecule has 0 saturated heterocycles. The van der Waals surface area contributed by atoms with Gasteiger partial charge >= 0.3 is 11.9 Å². The van der Waals surface area contributed by atoms with Crippen LogP contribution in [0, 0.1) is 0 Å². The summed E-state index contributed by atoms with van der Waals surface area (Å²) in [4.78, 5) is 22.0. The summed E-state index contributed by atoms with van der Waals surface area (Å²) < 4.78 is 33.5. The van der Waals surface area contributed by atoms with Gasteiger partial charge in [0.05, 0.1) is 0 Å². The maximum absolute atomic E-state index is 12.7. The SMILES string of the molecule is C=CCC(OC(=O)C(=O)OCC(=C)F)C(=C)F. The summed E-state index contributed by atoms with van der Waals surface area (Å²) in [7, 11) is 0. The number of halogens is 2. The highest BCUT2D eigenvalue weighted by Crippen LogP contribution is 2.11. The van der Waals surface area contributed by atoms with Gasteiger partial charge < -0.3 is 9.47 Å². The predicted molar refractivity (Wildman–Crippen MR) is 56.1 cm³/mol. The molecule has 0 fully saturated rings. The summed E-state index contributed by atoms with van der Waals surface area (Å²) in [5.41, 5.74) is 0. The summed E-state index contributed by atoms with van der Waals surface area (Å²) in [6.45, 7) is 8.33. The van der Waals surface area contributed by atoms with Gasteiger partial charge in [-0.25, -0.2) is 18.4 Å². The van der Waals surface area contributed by atoms with E-state index in [1.165, 1.54) is 6.08 Å². The van der Waals surface area contributed by atoms with Gasteiger partial charge in [0.25, 0.3) is 0 Å². The highest BCUT2D eigenvalue weighted by Gasteiger charge is 2.23. The third kappa shape index (κ3) is 6.24. The molecule has 1 unspecified atom stereocenters. The van der Waals surface area contributed by atoms with Gasteiger partial charge in [-0.15, -0.1) is 6.58 Å². The molecule has 0 aromatic carbocycles. The number of hydrogen-bond acceptors (Lipinski definition) is 4. The van der Waals surface area contributed by atoms with Crippen LogP contribution < -0.4 is 0 Å². The summed E-state index contributed by atoms with van der Waals surface area (Å²) in [5, 5.41) is 0. The first-order valence-corrected chi connectivity index (χ1v) is 4.54. The van der Waals surface area contributed by atoms with Crippen molar-refractivity contribution < 1.29 is 27.8 Å². The highest BCUT2D eigenvalue weighted by atomic mass is 19.1. The fraction of sp³-hybridized carbons (Fsp3) is 0.273. The lowest BCUT2D eigenvalue weighted by atomic mass is 10.2. The molecule has 0 radical (unpaired) electrons. The molecule has 0 rings (SSSR count). The first-order valence-electron chi connectivity index (χ1n) is 4.54. The normalized spacial score (nSPS) is 11.2. The van der Waals surface area contributed by atoms with Crippen molar-refractivity contribution in [1.29, 1.82) is 0 Å². The number of esters is 2. The van der Waals surface area contributed by atoms with Crippen LogP contribution in [-0.2, 0) is 19.1 Å². The molecule has 0 aliphatic heterocycles. The molecule has 0 aliphatic carbocycles. The maximum atomic E-state index is 12.7. The maximum Gasteiger partial charge on any atom is 0.418 e. The first kappa shape index (κ1) is 15.0. The van der Waals surface area contributed by atoms with Crippen molar-refractivity contribution in [2.75, 3.05) is 6.61 Å². The van der Waals surface area contributed by atoms with Crippen molar-refractivity contribution in [1.82, 2.24) is 0 Å². The Labute approximate surface area is 97.2 Å². The van der Waals surface area contributed by atoms with Gasteiger partial charge in [0.2, 0.25) is 0 Å². The van der Waals surface area contributed by atoms with Gasteiger partial charge in [-0.1, -0.05) is 19.2 Å². The van der Waals surface area contributed by atoms with Gasteiger partial charge in [-0.3, -0.25) is 0 Å². The highest BCUT2D eigenvalue weighted by molar-refractivity contribution is 6.29. The molecule has 0 N–H and O–H groups in total. The Morgan fingerprint density at radius 1 is 1.24 bits per heavy atom. The standard InChI is InChI=1S/C11H12F2O4/c1-4-5-9(8(3)13)17-11(15)10(14)16-6-7(2)12/h4,9H,1-3,5-6H2. The van der Waals surface area contributed by atoms with E-state index in [0.29, 0.717) is 0 Å². The minimum Gasteiger partial charge on any atom is -0.450 e. The largest absolute Gasteiger partial charge is 0.450 e. The zero-order chi connectivity index (χ0) is 13.4. The van der Waals surface area contributed by atoms with Crippen LogP contribution in [0.4, 0.5) is 8.78 Å². The third-order valence-corrected chi connectivity index (χ3v) is 1.51. The fourth-order valence-electron chi connectivity index (χ4n) is 0.771. The minimum absolute atomic E-state index is 0.0375. The Hall–Kier alpha value is -1.98. The lowest BCUT2D eigenvalue weighted by Crippen LogP contribution is -2.26. The van der Waals surface area contributed by atoms with Crippen LogP contribution in [0.5, 0.6) is 0 Å². The van der Waals surface area contributed by atoms with E-state index >= 15 is 0 Å². The van der Waals surface area contributed by atoms with E-state index in [2.05, 4.69) is 29.2 Å². The van der Waals surface area contributed by atoms with Crippen LogP contribution in [0.1, 0.15) is 6.42 Å². The topological polar surface area (TPSA) is 52.6 Å². The average Bonchev–Trinajstić information content (AvgIpc) is 2.24. The number of hydrogen-bond donors (Lipinski definition) is 0. The van der Waals surface area contributed by atoms with Crippen LogP contribution in [0.3, 0.4) is 0 Å². The molecule has 0 aromatic heterocycles. The lowest BCUT2D eigenvalue weighted by Gasteiger charge is -2.12. The van der Waals surface area contributed by atoms with Gasteiger partial charge in [-0.2, -0.15) is 0 Å². The van der Waals surface area contributed by atoms with Crippen molar-refractivity contribution in [3.63, 3.8) is 0 Å². The number of carbonyl (C=O) groups excluding carboxylic acids is 2. The molecule has 0 bridgehead atoms. The molecule has 0 amide bonds. The average molecular weight is 246 g/mol. The first-order chi connectivity index (χ1) is 7.88. The van der Waals surface area contributed by atoms with E-state index in [1.807, 2.05) is 0 Å². The van der Waals surface area contributed by atoms with Crippen molar-refractivity contribution in [3.05, 3.63) is 37.5 Å². The zero-order valence-corrected chi connectivity index (χ0v) is 9.08. The second-order valence-electron chi connectivity index (χ2n) is 2.96. The van der Waals surface area contributed by atoms with Gasteiger partial charge in [0, 0.05) is 6.42 Å². The smallest absolute Gasteiger partial charge is 0.418 e. The van der Waals surface area contributed by atoms with Crippen LogP contribution in [0.15, 0.2) is 37.5 Å². The van der Waals surface area contributed by atoms with Crippen molar-refractivity contribution in [2.45, 2.75) is 12.5 Å². The molecule has 94 valence electrons. The molecule has 0 heterocycles. The number of ether oxygens (including phenoxy) is 2. The Morgan fingerprint density at radius 2 is 1.82 bits per heavy atom. The van der Waals surface area contributed by atoms with Crippen molar-refractivity contribution >= 4 is 11.9 Å². The van der Waals surface area contributed by atoms with Crippen LogP contribution in [0.25, 0.3) is 0 Å². The summed E-state index contributed by atoms with van der Waals surface area (Å²) in [6, 6.07) is 0. The van der Waals surface area contributed by atoms with E-state index in [0.717, 1.165) is 0 Å². The molecular formula is C11H12F2O4. The number of carbonyl (C=O) groups is 2. The fourth-order valence-corrected chi connectivity index (χ4v) is 0.771. The molecule has 6 heteroatoms.